The van der Waals surface area contributed by atoms with Crippen LogP contribution in [0.5, 0.6) is 11.5 Å². The molecule has 4 bridgehead atoms. The van der Waals surface area contributed by atoms with E-state index < -0.39 is 5.97 Å². The first-order valence-electron chi connectivity index (χ1n) is 10.9. The Morgan fingerprint density at radius 1 is 1.00 bits per heavy atom. The van der Waals surface area contributed by atoms with Gasteiger partial charge >= 0.3 is 5.97 Å². The summed E-state index contributed by atoms with van der Waals surface area (Å²) in [4.78, 5) is 11.0. The SMILES string of the molecule is COc1ccc(-c2ccc(O)c(C34CC5CC(CC(C5)C3)C4)c2)cc1/C=C/C(=O)O. The number of rotatable bonds is 5. The molecule has 4 aliphatic carbocycles. The minimum atomic E-state index is -0.990. The molecular formula is C26H28O4. The molecule has 2 aromatic rings. The molecule has 156 valence electrons. The zero-order valence-electron chi connectivity index (χ0n) is 17.3. The predicted octanol–water partition coefficient (Wildman–Crippen LogP) is 5.63. The lowest BCUT2D eigenvalue weighted by Crippen LogP contribution is -2.48. The summed E-state index contributed by atoms with van der Waals surface area (Å²) in [6.07, 6.45) is 10.4. The Morgan fingerprint density at radius 3 is 2.20 bits per heavy atom. The van der Waals surface area contributed by atoms with Crippen LogP contribution in [0.2, 0.25) is 0 Å². The maximum atomic E-state index is 11.0. The molecule has 4 fully saturated rings. The zero-order chi connectivity index (χ0) is 20.9. The molecule has 0 amide bonds. The summed E-state index contributed by atoms with van der Waals surface area (Å²) >= 11 is 0. The molecule has 2 aromatic carbocycles. The van der Waals surface area contributed by atoms with Gasteiger partial charge in [0.25, 0.3) is 0 Å². The highest BCUT2D eigenvalue weighted by atomic mass is 16.5. The van der Waals surface area contributed by atoms with Crippen LogP contribution in [-0.4, -0.2) is 23.3 Å². The van der Waals surface area contributed by atoms with Crippen molar-refractivity contribution in [3.05, 3.63) is 53.6 Å². The molecule has 0 unspecified atom stereocenters. The Hall–Kier alpha value is -2.75. The molecular weight excluding hydrogens is 376 g/mol. The smallest absolute Gasteiger partial charge is 0.328 e. The first kappa shape index (κ1) is 19.2. The quantitative estimate of drug-likeness (QED) is 0.634. The highest BCUT2D eigenvalue weighted by Gasteiger charge is 2.52. The van der Waals surface area contributed by atoms with E-state index in [4.69, 9.17) is 9.84 Å². The molecule has 0 saturated heterocycles. The number of hydrogen-bond donors (Lipinski definition) is 2. The number of phenols is 1. The van der Waals surface area contributed by atoms with E-state index in [9.17, 15) is 9.90 Å². The van der Waals surface area contributed by atoms with Crippen LogP contribution in [0.15, 0.2) is 42.5 Å². The van der Waals surface area contributed by atoms with Gasteiger partial charge in [0.2, 0.25) is 0 Å². The fraction of sp³-hybridized carbons (Fsp3) is 0.423. The van der Waals surface area contributed by atoms with E-state index in [1.807, 2.05) is 30.3 Å². The molecule has 4 heteroatoms. The van der Waals surface area contributed by atoms with Crippen molar-refractivity contribution in [2.24, 2.45) is 17.8 Å². The number of carboxylic acids is 1. The molecule has 30 heavy (non-hydrogen) atoms. The number of carbonyl (C=O) groups is 1. The highest BCUT2D eigenvalue weighted by molar-refractivity contribution is 5.86. The van der Waals surface area contributed by atoms with Gasteiger partial charge in [-0.25, -0.2) is 4.79 Å². The number of ether oxygens (including phenoxy) is 1. The number of carboxylic acid groups (broad SMARTS) is 1. The Balaban J connectivity index is 1.54. The van der Waals surface area contributed by atoms with Gasteiger partial charge in [-0.15, -0.1) is 0 Å². The molecule has 0 radical (unpaired) electrons. The minimum Gasteiger partial charge on any atom is -0.508 e. The lowest BCUT2D eigenvalue weighted by atomic mass is 9.48. The standard InChI is InChI=1S/C26H28O4/c1-30-24-6-3-19(11-21(24)4-7-25(28)29)20-2-5-23(27)22(12-20)26-13-16-8-17(14-26)10-18(9-16)15-26/h2-7,11-12,16-18,27H,8-10,13-15H2,1H3,(H,28,29)/b7-4+. The van der Waals surface area contributed by atoms with Crippen LogP contribution < -0.4 is 4.74 Å². The molecule has 0 atom stereocenters. The van der Waals surface area contributed by atoms with Crippen molar-refractivity contribution < 1.29 is 19.7 Å². The van der Waals surface area contributed by atoms with Gasteiger partial charge in [-0.2, -0.15) is 0 Å². The fourth-order valence-corrected chi connectivity index (χ4v) is 6.79. The van der Waals surface area contributed by atoms with Gasteiger partial charge in [-0.05, 0) is 103 Å². The van der Waals surface area contributed by atoms with Gasteiger partial charge in [0.15, 0.2) is 0 Å². The molecule has 4 saturated carbocycles. The summed E-state index contributed by atoms with van der Waals surface area (Å²) in [5.74, 6) is 2.50. The molecule has 0 aromatic heterocycles. The fourth-order valence-electron chi connectivity index (χ4n) is 6.79. The molecule has 0 heterocycles. The van der Waals surface area contributed by atoms with Gasteiger partial charge in [-0.1, -0.05) is 12.1 Å². The molecule has 4 aliphatic rings. The summed E-state index contributed by atoms with van der Waals surface area (Å²) in [5, 5.41) is 19.8. The van der Waals surface area contributed by atoms with Crippen molar-refractivity contribution in [1.82, 2.24) is 0 Å². The monoisotopic (exact) mass is 404 g/mol. The first-order chi connectivity index (χ1) is 14.5. The summed E-state index contributed by atoms with van der Waals surface area (Å²) in [6.45, 7) is 0. The van der Waals surface area contributed by atoms with Crippen LogP contribution in [-0.2, 0) is 10.2 Å². The third kappa shape index (κ3) is 3.28. The number of aliphatic carboxylic acids is 1. The van der Waals surface area contributed by atoms with Crippen LogP contribution >= 0.6 is 0 Å². The average molecular weight is 405 g/mol. The maximum Gasteiger partial charge on any atom is 0.328 e. The van der Waals surface area contributed by atoms with Crippen molar-refractivity contribution in [1.29, 1.82) is 0 Å². The number of methoxy groups -OCH3 is 1. The first-order valence-corrected chi connectivity index (χ1v) is 10.9. The van der Waals surface area contributed by atoms with Gasteiger partial charge in [-0.3, -0.25) is 0 Å². The summed E-state index contributed by atoms with van der Waals surface area (Å²) in [5.41, 5.74) is 3.99. The van der Waals surface area contributed by atoms with E-state index in [2.05, 4.69) is 6.07 Å². The molecule has 0 aliphatic heterocycles. The van der Waals surface area contributed by atoms with Crippen LogP contribution in [0, 0.1) is 17.8 Å². The van der Waals surface area contributed by atoms with Gasteiger partial charge in [0.05, 0.1) is 7.11 Å². The molecule has 2 N–H and O–H groups in total. The van der Waals surface area contributed by atoms with Crippen LogP contribution in [0.3, 0.4) is 0 Å². The van der Waals surface area contributed by atoms with Gasteiger partial charge < -0.3 is 14.9 Å². The van der Waals surface area contributed by atoms with E-state index in [0.29, 0.717) is 11.5 Å². The van der Waals surface area contributed by atoms with Crippen molar-refractivity contribution in [2.75, 3.05) is 7.11 Å². The van der Waals surface area contributed by atoms with E-state index >= 15 is 0 Å². The third-order valence-electron chi connectivity index (χ3n) is 7.57. The topological polar surface area (TPSA) is 66.8 Å². The Kier molecular flexibility index (Phi) is 4.61. The summed E-state index contributed by atoms with van der Waals surface area (Å²) in [7, 11) is 1.58. The van der Waals surface area contributed by atoms with Crippen LogP contribution in [0.1, 0.15) is 49.7 Å². The third-order valence-corrected chi connectivity index (χ3v) is 7.57. The average Bonchev–Trinajstić information content (AvgIpc) is 2.71. The van der Waals surface area contributed by atoms with Crippen molar-refractivity contribution in [2.45, 2.75) is 43.9 Å². The normalized spacial score (nSPS) is 29.4. The highest BCUT2D eigenvalue weighted by Crippen LogP contribution is 2.62. The maximum absolute atomic E-state index is 11.0. The van der Waals surface area contributed by atoms with E-state index in [-0.39, 0.29) is 5.41 Å². The summed E-state index contributed by atoms with van der Waals surface area (Å²) in [6, 6.07) is 11.8. The summed E-state index contributed by atoms with van der Waals surface area (Å²) < 4.78 is 5.39. The lowest BCUT2D eigenvalue weighted by Gasteiger charge is -2.57. The number of phenolic OH excluding ortho intramolecular Hbond substituents is 1. The Bertz CT molecular complexity index is 984. The van der Waals surface area contributed by atoms with Crippen molar-refractivity contribution in [3.63, 3.8) is 0 Å². The number of aromatic hydroxyl groups is 1. The molecule has 4 nitrogen and oxygen atoms in total. The van der Waals surface area contributed by atoms with Crippen molar-refractivity contribution in [3.8, 4) is 22.6 Å². The second-order valence-corrected chi connectivity index (χ2v) is 9.56. The molecule has 0 spiro atoms. The predicted molar refractivity (Wildman–Crippen MR) is 117 cm³/mol. The number of hydrogen-bond acceptors (Lipinski definition) is 3. The van der Waals surface area contributed by atoms with Crippen molar-refractivity contribution >= 4 is 12.0 Å². The van der Waals surface area contributed by atoms with Gasteiger partial charge in [0, 0.05) is 17.2 Å². The number of benzene rings is 2. The second-order valence-electron chi connectivity index (χ2n) is 9.56. The second kappa shape index (κ2) is 7.19. The van der Waals surface area contributed by atoms with Gasteiger partial charge in [0.1, 0.15) is 11.5 Å². The van der Waals surface area contributed by atoms with Crippen LogP contribution in [0.4, 0.5) is 0 Å². The zero-order valence-corrected chi connectivity index (χ0v) is 17.3. The Labute approximate surface area is 177 Å². The van der Waals surface area contributed by atoms with Crippen LogP contribution in [0.25, 0.3) is 17.2 Å². The minimum absolute atomic E-state index is 0.118. The largest absolute Gasteiger partial charge is 0.508 e. The molecule has 6 rings (SSSR count). The van der Waals surface area contributed by atoms with E-state index in [1.54, 1.807) is 13.2 Å². The Morgan fingerprint density at radius 2 is 1.60 bits per heavy atom. The van der Waals surface area contributed by atoms with E-state index in [1.165, 1.54) is 38.5 Å². The van der Waals surface area contributed by atoms with E-state index in [0.717, 1.165) is 46.1 Å². The lowest BCUT2D eigenvalue weighted by molar-refractivity contribution is -0.131.